The van der Waals surface area contributed by atoms with Gasteiger partial charge in [-0.2, -0.15) is 0 Å². The van der Waals surface area contributed by atoms with E-state index >= 15 is 0 Å². The van der Waals surface area contributed by atoms with Crippen molar-refractivity contribution in [1.29, 1.82) is 0 Å². The van der Waals surface area contributed by atoms with Crippen LogP contribution >= 0.6 is 0 Å². The van der Waals surface area contributed by atoms with Crippen molar-refractivity contribution in [2.75, 3.05) is 0 Å². The van der Waals surface area contributed by atoms with Crippen molar-refractivity contribution in [2.45, 2.75) is 26.3 Å². The molecule has 1 unspecified atom stereocenters. The van der Waals surface area contributed by atoms with Gasteiger partial charge in [-0.15, -0.1) is 0 Å². The maximum Gasteiger partial charge on any atom is 0.305 e. The molecular formula is C13H15FN2O5. The van der Waals surface area contributed by atoms with Crippen LogP contribution in [0.3, 0.4) is 0 Å². The largest absolute Gasteiger partial charge is 0.481 e. The Hall–Kier alpha value is -2.51. The predicted octanol–water partition coefficient (Wildman–Crippen LogP) is 1.96. The van der Waals surface area contributed by atoms with E-state index < -0.39 is 39.9 Å². The van der Waals surface area contributed by atoms with Crippen molar-refractivity contribution in [2.24, 2.45) is 5.92 Å². The maximum absolute atomic E-state index is 13.2. The molecule has 0 saturated carbocycles. The van der Waals surface area contributed by atoms with Crippen molar-refractivity contribution < 1.29 is 24.0 Å². The number of halogens is 1. The van der Waals surface area contributed by atoms with Gasteiger partial charge in [0.1, 0.15) is 11.4 Å². The lowest BCUT2D eigenvalue weighted by Gasteiger charge is -2.20. The van der Waals surface area contributed by atoms with Crippen molar-refractivity contribution >= 4 is 17.6 Å². The van der Waals surface area contributed by atoms with Crippen LogP contribution in [-0.4, -0.2) is 27.9 Å². The summed E-state index contributed by atoms with van der Waals surface area (Å²) in [5, 5.41) is 22.0. The minimum absolute atomic E-state index is 0.197. The van der Waals surface area contributed by atoms with Gasteiger partial charge in [-0.1, -0.05) is 13.8 Å². The highest BCUT2D eigenvalue weighted by molar-refractivity contribution is 5.98. The average Bonchev–Trinajstić information content (AvgIpc) is 2.36. The summed E-state index contributed by atoms with van der Waals surface area (Å²) in [7, 11) is 0. The molecule has 2 N–H and O–H groups in total. The fraction of sp³-hybridized carbons (Fsp3) is 0.385. The number of rotatable bonds is 6. The van der Waals surface area contributed by atoms with E-state index in [1.807, 2.05) is 0 Å². The first-order valence-electron chi connectivity index (χ1n) is 6.19. The molecular weight excluding hydrogens is 283 g/mol. The number of nitrogens with one attached hydrogen (secondary N) is 1. The van der Waals surface area contributed by atoms with E-state index in [0.29, 0.717) is 0 Å². The first-order valence-corrected chi connectivity index (χ1v) is 6.19. The number of nitro benzene ring substituents is 1. The van der Waals surface area contributed by atoms with Gasteiger partial charge in [0, 0.05) is 12.1 Å². The van der Waals surface area contributed by atoms with Gasteiger partial charge in [-0.05, 0) is 18.1 Å². The summed E-state index contributed by atoms with van der Waals surface area (Å²) in [5.41, 5.74) is -0.970. The summed E-state index contributed by atoms with van der Waals surface area (Å²) in [4.78, 5) is 32.8. The number of carboxylic acid groups (broad SMARTS) is 1. The molecule has 1 rings (SSSR count). The molecule has 0 fully saturated rings. The Balaban J connectivity index is 3.04. The third-order valence-corrected chi connectivity index (χ3v) is 2.92. The highest BCUT2D eigenvalue weighted by Crippen LogP contribution is 2.20. The molecule has 1 atom stereocenters. The Morgan fingerprint density at radius 1 is 1.43 bits per heavy atom. The Bertz CT molecular complexity index is 574. The molecule has 0 heterocycles. The van der Waals surface area contributed by atoms with Crippen molar-refractivity contribution in [1.82, 2.24) is 5.32 Å². The SMILES string of the molecule is CC(C)C(CC(=O)O)NC(=O)c1cc(F)ccc1[N+](=O)[O-]. The van der Waals surface area contributed by atoms with Gasteiger partial charge in [0.2, 0.25) is 0 Å². The Morgan fingerprint density at radius 3 is 2.52 bits per heavy atom. The predicted molar refractivity (Wildman–Crippen MR) is 71.4 cm³/mol. The van der Waals surface area contributed by atoms with Crippen LogP contribution < -0.4 is 5.32 Å². The summed E-state index contributed by atoms with van der Waals surface area (Å²) in [6.07, 6.45) is -0.327. The molecule has 1 aromatic rings. The molecule has 0 aromatic heterocycles. The average molecular weight is 298 g/mol. The number of hydrogen-bond donors (Lipinski definition) is 2. The van der Waals surface area contributed by atoms with E-state index in [9.17, 15) is 24.1 Å². The second-order valence-corrected chi connectivity index (χ2v) is 4.84. The molecule has 0 bridgehead atoms. The molecule has 1 amide bonds. The van der Waals surface area contributed by atoms with E-state index in [2.05, 4.69) is 5.32 Å². The summed E-state index contributed by atoms with van der Waals surface area (Å²) in [6, 6.07) is 1.82. The zero-order valence-corrected chi connectivity index (χ0v) is 11.5. The highest BCUT2D eigenvalue weighted by Gasteiger charge is 2.25. The maximum atomic E-state index is 13.2. The molecule has 1 aromatic carbocycles. The monoisotopic (exact) mass is 298 g/mol. The number of hydrogen-bond acceptors (Lipinski definition) is 4. The van der Waals surface area contributed by atoms with Gasteiger partial charge in [-0.25, -0.2) is 4.39 Å². The number of aliphatic carboxylic acids is 1. The minimum atomic E-state index is -1.11. The fourth-order valence-electron chi connectivity index (χ4n) is 1.74. The summed E-state index contributed by atoms with van der Waals surface area (Å²) >= 11 is 0. The lowest BCUT2D eigenvalue weighted by molar-refractivity contribution is -0.385. The lowest BCUT2D eigenvalue weighted by Crippen LogP contribution is -2.40. The molecule has 0 aliphatic heterocycles. The van der Waals surface area contributed by atoms with Gasteiger partial charge >= 0.3 is 5.97 Å². The van der Waals surface area contributed by atoms with Crippen LogP contribution in [0.1, 0.15) is 30.6 Å². The van der Waals surface area contributed by atoms with E-state index in [-0.39, 0.29) is 12.3 Å². The number of nitro groups is 1. The summed E-state index contributed by atoms with van der Waals surface area (Å²) < 4.78 is 13.2. The van der Waals surface area contributed by atoms with E-state index in [0.717, 1.165) is 18.2 Å². The van der Waals surface area contributed by atoms with Crippen LogP contribution in [-0.2, 0) is 4.79 Å². The number of nitrogens with zero attached hydrogens (tertiary/aromatic N) is 1. The molecule has 0 saturated heterocycles. The van der Waals surface area contributed by atoms with E-state index in [1.54, 1.807) is 13.8 Å². The first kappa shape index (κ1) is 16.5. The Kier molecular flexibility index (Phi) is 5.34. The standard InChI is InChI=1S/C13H15FN2O5/c1-7(2)10(6-12(17)18)15-13(19)9-5-8(14)3-4-11(9)16(20)21/h3-5,7,10H,6H2,1-2H3,(H,15,19)(H,17,18). The topological polar surface area (TPSA) is 110 Å². The Morgan fingerprint density at radius 2 is 2.05 bits per heavy atom. The van der Waals surface area contributed by atoms with Gasteiger partial charge in [-0.3, -0.25) is 19.7 Å². The number of amides is 1. The molecule has 8 heteroatoms. The zero-order chi connectivity index (χ0) is 16.2. The van der Waals surface area contributed by atoms with Crippen molar-refractivity contribution in [3.05, 3.63) is 39.7 Å². The van der Waals surface area contributed by atoms with Crippen LogP contribution in [0.15, 0.2) is 18.2 Å². The molecule has 21 heavy (non-hydrogen) atoms. The third-order valence-electron chi connectivity index (χ3n) is 2.92. The zero-order valence-electron chi connectivity index (χ0n) is 11.5. The molecule has 7 nitrogen and oxygen atoms in total. The number of benzene rings is 1. The third kappa shape index (κ3) is 4.51. The van der Waals surface area contributed by atoms with Gasteiger partial charge < -0.3 is 10.4 Å². The number of carboxylic acids is 1. The molecule has 114 valence electrons. The highest BCUT2D eigenvalue weighted by atomic mass is 19.1. The van der Waals surface area contributed by atoms with Crippen LogP contribution in [0.5, 0.6) is 0 Å². The van der Waals surface area contributed by atoms with Gasteiger partial charge in [0.15, 0.2) is 0 Å². The van der Waals surface area contributed by atoms with Crippen molar-refractivity contribution in [3.63, 3.8) is 0 Å². The molecule has 0 spiro atoms. The molecule has 0 radical (unpaired) electrons. The van der Waals surface area contributed by atoms with Crippen LogP contribution in [0.4, 0.5) is 10.1 Å². The minimum Gasteiger partial charge on any atom is -0.481 e. The summed E-state index contributed by atoms with van der Waals surface area (Å²) in [5.74, 6) is -2.97. The van der Waals surface area contributed by atoms with E-state index in [1.165, 1.54) is 0 Å². The van der Waals surface area contributed by atoms with Gasteiger partial charge in [0.25, 0.3) is 11.6 Å². The summed E-state index contributed by atoms with van der Waals surface area (Å²) in [6.45, 7) is 3.40. The number of carbonyl (C=O) groups is 2. The lowest BCUT2D eigenvalue weighted by atomic mass is 10.0. The fourth-order valence-corrected chi connectivity index (χ4v) is 1.74. The second kappa shape index (κ2) is 6.78. The first-order chi connectivity index (χ1) is 9.72. The van der Waals surface area contributed by atoms with Crippen LogP contribution in [0.25, 0.3) is 0 Å². The van der Waals surface area contributed by atoms with Crippen molar-refractivity contribution in [3.8, 4) is 0 Å². The number of carbonyl (C=O) groups excluding carboxylic acids is 1. The molecule has 0 aliphatic carbocycles. The van der Waals surface area contributed by atoms with Crippen LogP contribution in [0.2, 0.25) is 0 Å². The van der Waals surface area contributed by atoms with Gasteiger partial charge in [0.05, 0.1) is 11.3 Å². The van der Waals surface area contributed by atoms with Crippen LogP contribution in [0, 0.1) is 21.8 Å². The second-order valence-electron chi connectivity index (χ2n) is 4.84. The molecule has 0 aliphatic rings. The smallest absolute Gasteiger partial charge is 0.305 e. The quantitative estimate of drug-likeness (QED) is 0.616. The van der Waals surface area contributed by atoms with E-state index in [4.69, 9.17) is 5.11 Å². The normalized spacial score (nSPS) is 12.0. The Labute approximate surface area is 119 Å².